The van der Waals surface area contributed by atoms with E-state index in [2.05, 4.69) is 15.9 Å². The summed E-state index contributed by atoms with van der Waals surface area (Å²) < 4.78 is 39.0. The molecule has 0 unspecified atom stereocenters. The monoisotopic (exact) mass is 499 g/mol. The number of hydrogen-bond donors (Lipinski definition) is 0. The summed E-state index contributed by atoms with van der Waals surface area (Å²) in [6.07, 6.45) is 0. The third kappa shape index (κ3) is 4.15. The maximum atomic E-state index is 13.0. The molecule has 6 nitrogen and oxygen atoms in total. The van der Waals surface area contributed by atoms with Crippen molar-refractivity contribution >= 4 is 54.2 Å². The largest absolute Gasteiger partial charge is 0.496 e. The number of rotatable bonds is 6. The highest BCUT2D eigenvalue weighted by molar-refractivity contribution is 9.10. The maximum Gasteiger partial charge on any atom is 0.340 e. The summed E-state index contributed by atoms with van der Waals surface area (Å²) in [4.78, 5) is 12.9. The topological polar surface area (TPSA) is 74.6 Å². The molecule has 3 aromatic rings. The molecule has 0 spiro atoms. The fourth-order valence-corrected chi connectivity index (χ4v) is 5.19. The number of fused-ring (bicyclic) bond motifs is 1. The van der Waals surface area contributed by atoms with Crippen LogP contribution in [0, 0.1) is 0 Å². The number of aryl methyl sites for hydroxylation is 1. The first kappa shape index (κ1) is 21.7. The molecule has 154 valence electrons. The third-order valence-corrected chi connectivity index (χ3v) is 7.09. The molecular weight excluding hydrogens is 482 g/mol. The van der Waals surface area contributed by atoms with Gasteiger partial charge in [-0.15, -0.1) is 0 Å². The Bertz CT molecular complexity index is 1190. The summed E-state index contributed by atoms with van der Waals surface area (Å²) in [7, 11) is -0.490. The number of esters is 1. The molecule has 2 aromatic carbocycles. The number of sulfone groups is 1. The third-order valence-electron chi connectivity index (χ3n) is 4.57. The van der Waals surface area contributed by atoms with Crippen LogP contribution in [0.15, 0.2) is 45.8 Å². The summed E-state index contributed by atoms with van der Waals surface area (Å²) in [6.45, 7) is 1.87. The van der Waals surface area contributed by atoms with E-state index in [9.17, 15) is 13.2 Å². The van der Waals surface area contributed by atoms with Crippen LogP contribution in [0.25, 0.3) is 10.9 Å². The number of aromatic nitrogens is 1. The second kappa shape index (κ2) is 8.38. The second-order valence-corrected chi connectivity index (χ2v) is 9.60. The van der Waals surface area contributed by atoms with Gasteiger partial charge in [0.1, 0.15) is 5.75 Å². The number of halogens is 2. The average Bonchev–Trinajstić information content (AvgIpc) is 2.92. The van der Waals surface area contributed by atoms with Gasteiger partial charge in [-0.3, -0.25) is 0 Å². The van der Waals surface area contributed by atoms with Crippen LogP contribution in [0.2, 0.25) is 5.02 Å². The normalized spacial score (nSPS) is 11.6. The zero-order valence-corrected chi connectivity index (χ0v) is 19.2. The van der Waals surface area contributed by atoms with E-state index in [4.69, 9.17) is 21.1 Å². The van der Waals surface area contributed by atoms with E-state index < -0.39 is 15.8 Å². The molecule has 0 fully saturated rings. The van der Waals surface area contributed by atoms with Gasteiger partial charge in [-0.25, -0.2) is 13.2 Å². The Hall–Kier alpha value is -2.03. The smallest absolute Gasteiger partial charge is 0.340 e. The first-order chi connectivity index (χ1) is 13.7. The summed E-state index contributed by atoms with van der Waals surface area (Å²) in [5.74, 6) is -0.419. The molecule has 0 saturated heterocycles. The first-order valence-electron chi connectivity index (χ1n) is 8.69. The fourth-order valence-electron chi connectivity index (χ4n) is 3.15. The Labute approximate surface area is 182 Å². The van der Waals surface area contributed by atoms with Crippen LogP contribution in [-0.2, 0) is 27.4 Å². The lowest BCUT2D eigenvalue weighted by atomic mass is 10.1. The van der Waals surface area contributed by atoms with Crippen molar-refractivity contribution in [3.8, 4) is 5.75 Å². The Morgan fingerprint density at radius 1 is 1.21 bits per heavy atom. The number of methoxy groups -OCH3 is 1. The van der Waals surface area contributed by atoms with Gasteiger partial charge in [-0.1, -0.05) is 11.6 Å². The average molecular weight is 501 g/mol. The quantitative estimate of drug-likeness (QED) is 0.457. The van der Waals surface area contributed by atoms with Gasteiger partial charge in [0.2, 0.25) is 0 Å². The molecule has 0 saturated carbocycles. The van der Waals surface area contributed by atoms with E-state index in [1.807, 2.05) is 0 Å². The molecule has 29 heavy (non-hydrogen) atoms. The van der Waals surface area contributed by atoms with Crippen molar-refractivity contribution in [2.24, 2.45) is 7.05 Å². The predicted octanol–water partition coefficient (Wildman–Crippen LogP) is 4.75. The van der Waals surface area contributed by atoms with E-state index in [0.717, 1.165) is 0 Å². The first-order valence-corrected chi connectivity index (χ1v) is 11.5. The molecule has 0 atom stereocenters. The highest BCUT2D eigenvalue weighted by Gasteiger charge is 2.28. The molecule has 9 heteroatoms. The minimum Gasteiger partial charge on any atom is -0.496 e. The summed E-state index contributed by atoms with van der Waals surface area (Å²) >= 11 is 9.30. The zero-order valence-electron chi connectivity index (χ0n) is 16.0. The van der Waals surface area contributed by atoms with Crippen molar-refractivity contribution in [2.45, 2.75) is 17.6 Å². The van der Waals surface area contributed by atoms with Gasteiger partial charge >= 0.3 is 5.97 Å². The van der Waals surface area contributed by atoms with Crippen LogP contribution < -0.4 is 4.74 Å². The van der Waals surface area contributed by atoms with Gasteiger partial charge in [0.05, 0.1) is 39.9 Å². The van der Waals surface area contributed by atoms with Crippen molar-refractivity contribution < 1.29 is 22.7 Å². The van der Waals surface area contributed by atoms with E-state index in [1.165, 1.54) is 31.4 Å². The number of ether oxygens (including phenoxy) is 2. The molecule has 0 aliphatic carbocycles. The number of carbonyl (C=O) groups excluding carboxylic acids is 1. The van der Waals surface area contributed by atoms with Gasteiger partial charge in [0, 0.05) is 23.2 Å². The Kier molecular flexibility index (Phi) is 6.26. The molecule has 0 bridgehead atoms. The Morgan fingerprint density at radius 3 is 2.45 bits per heavy atom. The molecule has 0 N–H and O–H groups in total. The second-order valence-electron chi connectivity index (χ2n) is 6.32. The van der Waals surface area contributed by atoms with Gasteiger partial charge in [-0.05, 0) is 59.3 Å². The van der Waals surface area contributed by atoms with E-state index in [-0.39, 0.29) is 22.8 Å². The van der Waals surface area contributed by atoms with Crippen LogP contribution in [0.5, 0.6) is 5.75 Å². The highest BCUT2D eigenvalue weighted by Crippen LogP contribution is 2.36. The number of benzene rings is 2. The lowest BCUT2D eigenvalue weighted by Crippen LogP contribution is -2.13. The van der Waals surface area contributed by atoms with E-state index in [0.29, 0.717) is 31.8 Å². The van der Waals surface area contributed by atoms with Crippen molar-refractivity contribution in [2.75, 3.05) is 13.7 Å². The highest BCUT2D eigenvalue weighted by atomic mass is 79.9. The predicted molar refractivity (Wildman–Crippen MR) is 115 cm³/mol. The number of nitrogens with zero attached hydrogens (tertiary/aromatic N) is 1. The SMILES string of the molecule is CCOC(=O)c1c(CS(=O)(=O)c2ccc(Cl)cc2)n(C)c2cc(Br)c(OC)cc12. The van der Waals surface area contributed by atoms with Crippen LogP contribution in [0.3, 0.4) is 0 Å². The van der Waals surface area contributed by atoms with Gasteiger partial charge < -0.3 is 14.0 Å². The zero-order chi connectivity index (χ0) is 21.3. The van der Waals surface area contributed by atoms with E-state index >= 15 is 0 Å². The van der Waals surface area contributed by atoms with Crippen molar-refractivity contribution in [3.05, 3.63) is 57.2 Å². The van der Waals surface area contributed by atoms with Crippen molar-refractivity contribution in [3.63, 3.8) is 0 Å². The fraction of sp³-hybridized carbons (Fsp3) is 0.250. The number of carbonyl (C=O) groups is 1. The number of hydrogen-bond acceptors (Lipinski definition) is 5. The van der Waals surface area contributed by atoms with Crippen LogP contribution in [0.1, 0.15) is 23.0 Å². The summed E-state index contributed by atoms with van der Waals surface area (Å²) in [5.41, 5.74) is 1.24. The maximum absolute atomic E-state index is 13.0. The minimum absolute atomic E-state index is 0.126. The van der Waals surface area contributed by atoms with Gasteiger partial charge in [0.25, 0.3) is 0 Å². The Morgan fingerprint density at radius 2 is 1.86 bits per heavy atom. The summed E-state index contributed by atoms with van der Waals surface area (Å²) in [5, 5.41) is 1.00. The van der Waals surface area contributed by atoms with Gasteiger partial charge in [0.15, 0.2) is 9.84 Å². The molecule has 0 radical (unpaired) electrons. The van der Waals surface area contributed by atoms with Crippen LogP contribution >= 0.6 is 27.5 Å². The minimum atomic E-state index is -3.73. The van der Waals surface area contributed by atoms with Gasteiger partial charge in [-0.2, -0.15) is 0 Å². The van der Waals surface area contributed by atoms with Crippen molar-refractivity contribution in [1.29, 1.82) is 0 Å². The molecule has 0 aliphatic heterocycles. The summed E-state index contributed by atoms with van der Waals surface area (Å²) in [6, 6.07) is 9.42. The molecule has 0 aliphatic rings. The molecule has 0 amide bonds. The lowest BCUT2D eigenvalue weighted by Gasteiger charge is -2.09. The van der Waals surface area contributed by atoms with Crippen LogP contribution in [0.4, 0.5) is 0 Å². The molecule has 3 rings (SSSR count). The van der Waals surface area contributed by atoms with Crippen molar-refractivity contribution in [1.82, 2.24) is 4.57 Å². The molecule has 1 heterocycles. The molecular formula is C20H19BrClNO5S. The standard InChI is InChI=1S/C20H19BrClNO5S/c1-4-28-20(24)19-14-9-18(27-3)15(21)10-16(14)23(2)17(19)11-29(25,26)13-7-5-12(22)6-8-13/h5-10H,4,11H2,1-3H3. The Balaban J connectivity index is 2.22. The molecule has 1 aromatic heterocycles. The van der Waals surface area contributed by atoms with E-state index in [1.54, 1.807) is 30.7 Å². The lowest BCUT2D eigenvalue weighted by molar-refractivity contribution is 0.0527. The van der Waals surface area contributed by atoms with Crippen LogP contribution in [-0.4, -0.2) is 32.7 Å².